The minimum Gasteiger partial charge on any atom is -0.478 e. The Bertz CT molecular complexity index is 646. The van der Waals surface area contributed by atoms with Gasteiger partial charge < -0.3 is 10.2 Å². The molecule has 2 rings (SSSR count). The predicted molar refractivity (Wildman–Crippen MR) is 79.7 cm³/mol. The summed E-state index contributed by atoms with van der Waals surface area (Å²) in [5.41, 5.74) is -0.109. The fourth-order valence-electron chi connectivity index (χ4n) is 2.35. The molecule has 116 valence electrons. The standard InChI is InChI=1S/C13H16BrNO5S/c14-9-6-5-8(13(17)18)7-12(9)21(19,20)15-10-3-1-2-4-11(10)16/h5-7,10-11,15-16H,1-4H2,(H,17,18)/t10-,11-/m1/s1. The maximum Gasteiger partial charge on any atom is 0.335 e. The van der Waals surface area contributed by atoms with E-state index in [0.717, 1.165) is 18.9 Å². The first-order chi connectivity index (χ1) is 9.81. The largest absolute Gasteiger partial charge is 0.478 e. The Kier molecular flexibility index (Phi) is 5.03. The second-order valence-corrected chi connectivity index (χ2v) is 7.57. The van der Waals surface area contributed by atoms with E-state index in [1.807, 2.05) is 0 Å². The third kappa shape index (κ3) is 3.82. The molecule has 2 atom stereocenters. The van der Waals surface area contributed by atoms with Crippen LogP contribution in [0.25, 0.3) is 0 Å². The minimum atomic E-state index is -3.90. The van der Waals surface area contributed by atoms with Crippen LogP contribution in [0, 0.1) is 0 Å². The number of carbonyl (C=O) groups is 1. The molecule has 8 heteroatoms. The zero-order valence-corrected chi connectivity index (χ0v) is 13.5. The highest BCUT2D eigenvalue weighted by molar-refractivity contribution is 9.10. The van der Waals surface area contributed by atoms with Crippen molar-refractivity contribution in [1.29, 1.82) is 0 Å². The number of benzene rings is 1. The number of nitrogens with one attached hydrogen (secondary N) is 1. The molecule has 0 saturated heterocycles. The molecule has 0 heterocycles. The smallest absolute Gasteiger partial charge is 0.335 e. The average Bonchev–Trinajstić information content (AvgIpc) is 2.41. The minimum absolute atomic E-state index is 0.109. The van der Waals surface area contributed by atoms with Gasteiger partial charge in [-0.1, -0.05) is 12.8 Å². The molecule has 3 N–H and O–H groups in total. The molecule has 0 radical (unpaired) electrons. The van der Waals surface area contributed by atoms with Crippen LogP contribution in [0.15, 0.2) is 27.6 Å². The zero-order chi connectivity index (χ0) is 15.6. The molecule has 1 aromatic carbocycles. The second-order valence-electron chi connectivity index (χ2n) is 5.03. The molecule has 6 nitrogen and oxygen atoms in total. The number of aliphatic hydroxyl groups excluding tert-OH is 1. The van der Waals surface area contributed by atoms with E-state index in [4.69, 9.17) is 5.11 Å². The third-order valence-corrected chi connectivity index (χ3v) is 5.99. The summed E-state index contributed by atoms with van der Waals surface area (Å²) in [6.45, 7) is 0. The first-order valence-corrected chi connectivity index (χ1v) is 8.82. The van der Waals surface area contributed by atoms with E-state index >= 15 is 0 Å². The molecular formula is C13H16BrNO5S. The van der Waals surface area contributed by atoms with Crippen molar-refractivity contribution < 1.29 is 23.4 Å². The number of aliphatic hydroxyl groups is 1. The summed E-state index contributed by atoms with van der Waals surface area (Å²) >= 11 is 3.12. The summed E-state index contributed by atoms with van der Waals surface area (Å²) in [4.78, 5) is 10.8. The number of sulfonamides is 1. The van der Waals surface area contributed by atoms with Gasteiger partial charge in [0.25, 0.3) is 0 Å². The molecule has 0 spiro atoms. The van der Waals surface area contributed by atoms with Crippen LogP contribution in [0.2, 0.25) is 0 Å². The Morgan fingerprint density at radius 2 is 1.95 bits per heavy atom. The lowest BCUT2D eigenvalue weighted by molar-refractivity contribution is 0.0696. The van der Waals surface area contributed by atoms with Crippen LogP contribution < -0.4 is 4.72 Å². The van der Waals surface area contributed by atoms with Crippen LogP contribution in [0.4, 0.5) is 0 Å². The highest BCUT2D eigenvalue weighted by Gasteiger charge is 2.29. The average molecular weight is 378 g/mol. The maximum atomic E-state index is 12.4. The Morgan fingerprint density at radius 1 is 1.29 bits per heavy atom. The molecule has 21 heavy (non-hydrogen) atoms. The van der Waals surface area contributed by atoms with Crippen molar-refractivity contribution in [2.45, 2.75) is 42.7 Å². The van der Waals surface area contributed by atoms with Crippen molar-refractivity contribution in [2.24, 2.45) is 0 Å². The van der Waals surface area contributed by atoms with Gasteiger partial charge in [0.2, 0.25) is 10.0 Å². The van der Waals surface area contributed by atoms with E-state index in [-0.39, 0.29) is 14.9 Å². The van der Waals surface area contributed by atoms with Gasteiger partial charge in [-0.15, -0.1) is 0 Å². The summed E-state index contributed by atoms with van der Waals surface area (Å²) in [5.74, 6) is -1.20. The van der Waals surface area contributed by atoms with Crippen molar-refractivity contribution in [1.82, 2.24) is 4.72 Å². The molecule has 0 unspecified atom stereocenters. The highest BCUT2D eigenvalue weighted by atomic mass is 79.9. The van der Waals surface area contributed by atoms with Crippen LogP contribution in [-0.4, -0.2) is 36.7 Å². The third-order valence-electron chi connectivity index (χ3n) is 3.50. The van der Waals surface area contributed by atoms with E-state index in [9.17, 15) is 18.3 Å². The van der Waals surface area contributed by atoms with Crippen LogP contribution in [0.1, 0.15) is 36.0 Å². The van der Waals surface area contributed by atoms with Crippen molar-refractivity contribution in [2.75, 3.05) is 0 Å². The van der Waals surface area contributed by atoms with E-state index < -0.39 is 28.1 Å². The first-order valence-electron chi connectivity index (χ1n) is 6.54. The number of carboxylic acid groups (broad SMARTS) is 1. The van der Waals surface area contributed by atoms with Gasteiger partial charge in [0, 0.05) is 10.5 Å². The van der Waals surface area contributed by atoms with Crippen molar-refractivity contribution in [3.63, 3.8) is 0 Å². The lowest BCUT2D eigenvalue weighted by Crippen LogP contribution is -2.45. The van der Waals surface area contributed by atoms with Gasteiger partial charge in [0.05, 0.1) is 16.6 Å². The van der Waals surface area contributed by atoms with Crippen molar-refractivity contribution in [3.8, 4) is 0 Å². The molecule has 0 amide bonds. The van der Waals surface area contributed by atoms with E-state index in [1.54, 1.807) is 0 Å². The normalized spacial score (nSPS) is 23.0. The number of hydrogen-bond donors (Lipinski definition) is 3. The number of carboxylic acids is 1. The molecule has 0 aliphatic heterocycles. The fourth-order valence-corrected chi connectivity index (χ4v) is 4.65. The monoisotopic (exact) mass is 377 g/mol. The summed E-state index contributed by atoms with van der Waals surface area (Å²) in [7, 11) is -3.90. The van der Waals surface area contributed by atoms with Crippen LogP contribution >= 0.6 is 15.9 Å². The molecular weight excluding hydrogens is 362 g/mol. The van der Waals surface area contributed by atoms with Gasteiger partial charge in [-0.05, 0) is 47.0 Å². The van der Waals surface area contributed by atoms with Crippen molar-refractivity contribution >= 4 is 31.9 Å². The maximum absolute atomic E-state index is 12.4. The molecule has 1 fully saturated rings. The summed E-state index contributed by atoms with van der Waals surface area (Å²) in [6, 6.07) is 3.27. The lowest BCUT2D eigenvalue weighted by atomic mass is 9.93. The number of halogens is 1. The summed E-state index contributed by atoms with van der Waals surface area (Å²) in [6.07, 6.45) is 2.13. The first kappa shape index (κ1) is 16.4. The Hall–Kier alpha value is -0.960. The van der Waals surface area contributed by atoms with E-state index in [0.29, 0.717) is 12.8 Å². The van der Waals surface area contributed by atoms with Gasteiger partial charge >= 0.3 is 5.97 Å². The van der Waals surface area contributed by atoms with Gasteiger partial charge in [0.15, 0.2) is 0 Å². The van der Waals surface area contributed by atoms with E-state index in [2.05, 4.69) is 20.7 Å². The van der Waals surface area contributed by atoms with Gasteiger partial charge in [-0.3, -0.25) is 0 Å². The van der Waals surface area contributed by atoms with E-state index in [1.165, 1.54) is 12.1 Å². The summed E-state index contributed by atoms with van der Waals surface area (Å²) < 4.78 is 27.5. The molecule has 1 aliphatic rings. The molecule has 1 aromatic rings. The Labute approximate surface area is 131 Å². The number of hydrogen-bond acceptors (Lipinski definition) is 4. The summed E-state index contributed by atoms with van der Waals surface area (Å²) in [5, 5.41) is 18.8. The Morgan fingerprint density at radius 3 is 2.57 bits per heavy atom. The van der Waals surface area contributed by atoms with Gasteiger partial charge in [0.1, 0.15) is 0 Å². The quantitative estimate of drug-likeness (QED) is 0.740. The fraction of sp³-hybridized carbons (Fsp3) is 0.462. The molecule has 0 aromatic heterocycles. The number of rotatable bonds is 4. The van der Waals surface area contributed by atoms with Crippen LogP contribution in [-0.2, 0) is 10.0 Å². The lowest BCUT2D eigenvalue weighted by Gasteiger charge is -2.28. The van der Waals surface area contributed by atoms with Crippen LogP contribution in [0.5, 0.6) is 0 Å². The highest BCUT2D eigenvalue weighted by Crippen LogP contribution is 2.26. The number of aromatic carboxylic acids is 1. The second kappa shape index (κ2) is 6.43. The molecule has 1 aliphatic carbocycles. The predicted octanol–water partition coefficient (Wildman–Crippen LogP) is 1.73. The molecule has 0 bridgehead atoms. The van der Waals surface area contributed by atoms with Gasteiger partial charge in [-0.25, -0.2) is 17.9 Å². The SMILES string of the molecule is O=C(O)c1ccc(Br)c(S(=O)(=O)N[C@@H]2CCCC[C@H]2O)c1. The molecule has 1 saturated carbocycles. The van der Waals surface area contributed by atoms with Crippen LogP contribution in [0.3, 0.4) is 0 Å². The van der Waals surface area contributed by atoms with Crippen molar-refractivity contribution in [3.05, 3.63) is 28.2 Å². The van der Waals surface area contributed by atoms with Gasteiger partial charge in [-0.2, -0.15) is 0 Å². The topological polar surface area (TPSA) is 104 Å². The Balaban J connectivity index is 2.30. The zero-order valence-electron chi connectivity index (χ0n) is 11.1.